The minimum absolute atomic E-state index is 0.245. The van der Waals surface area contributed by atoms with Gasteiger partial charge in [-0.15, -0.1) is 0 Å². The second kappa shape index (κ2) is 5.23. The summed E-state index contributed by atoms with van der Waals surface area (Å²) in [5, 5.41) is 0. The first kappa shape index (κ1) is 13.3. The van der Waals surface area contributed by atoms with Gasteiger partial charge < -0.3 is 0 Å². The van der Waals surface area contributed by atoms with E-state index in [1.165, 1.54) is 0 Å². The van der Waals surface area contributed by atoms with Crippen LogP contribution in [0.5, 0.6) is 0 Å². The van der Waals surface area contributed by atoms with E-state index in [1.807, 2.05) is 6.92 Å². The van der Waals surface area contributed by atoms with Crippen molar-refractivity contribution in [3.63, 3.8) is 0 Å². The van der Waals surface area contributed by atoms with Crippen LogP contribution in [0.15, 0.2) is 47.4 Å². The Balaban J connectivity index is 2.34. The van der Waals surface area contributed by atoms with Gasteiger partial charge in [0.05, 0.1) is 10.6 Å². The van der Waals surface area contributed by atoms with Gasteiger partial charge in [0.2, 0.25) is 0 Å². The molecule has 2 aromatic rings. The summed E-state index contributed by atoms with van der Waals surface area (Å²) in [7, 11) is -3.53. The molecule has 0 aliphatic rings. The molecule has 2 rings (SSSR count). The first-order valence-electron chi connectivity index (χ1n) is 5.19. The van der Waals surface area contributed by atoms with Crippen molar-refractivity contribution in [3.8, 4) is 0 Å². The first-order valence-corrected chi connectivity index (χ1v) is 7.76. The number of nitrogens with zero attached hydrogens (tertiary/aromatic N) is 1. The molecule has 0 saturated carbocycles. The molecule has 1 N–H and O–H groups in total. The van der Waals surface area contributed by atoms with Crippen LogP contribution >= 0.6 is 22.6 Å². The Hall–Kier alpha value is -1.15. The van der Waals surface area contributed by atoms with E-state index in [-0.39, 0.29) is 4.90 Å². The second-order valence-corrected chi connectivity index (χ2v) is 6.53. The molecule has 0 saturated heterocycles. The molecule has 1 heterocycles. The van der Waals surface area contributed by atoms with Gasteiger partial charge in [0, 0.05) is 5.69 Å². The summed E-state index contributed by atoms with van der Waals surface area (Å²) in [4.78, 5) is 4.43. The van der Waals surface area contributed by atoms with Crippen LogP contribution in [0, 0.1) is 10.6 Å². The van der Waals surface area contributed by atoms with Crippen LogP contribution < -0.4 is 4.72 Å². The third kappa shape index (κ3) is 3.20. The van der Waals surface area contributed by atoms with Crippen LogP contribution in [-0.4, -0.2) is 13.4 Å². The Bertz CT molecular complexity index is 637. The third-order valence-corrected chi connectivity index (χ3v) is 4.18. The van der Waals surface area contributed by atoms with Crippen molar-refractivity contribution >= 4 is 38.3 Å². The van der Waals surface area contributed by atoms with Gasteiger partial charge in [-0.3, -0.25) is 4.72 Å². The molecule has 0 spiro atoms. The summed E-state index contributed by atoms with van der Waals surface area (Å²) in [5.74, 6) is 0. The topological polar surface area (TPSA) is 59.1 Å². The zero-order valence-corrected chi connectivity index (χ0v) is 12.6. The molecule has 0 aliphatic carbocycles. The molecular formula is C12H11IN2O2S. The minimum atomic E-state index is -3.53. The molecule has 94 valence electrons. The van der Waals surface area contributed by atoms with Gasteiger partial charge in [-0.2, -0.15) is 0 Å². The van der Waals surface area contributed by atoms with E-state index in [2.05, 4.69) is 32.3 Å². The number of sulfonamides is 1. The fourth-order valence-corrected chi connectivity index (χ4v) is 3.28. The summed E-state index contributed by atoms with van der Waals surface area (Å²) < 4.78 is 27.5. The monoisotopic (exact) mass is 374 g/mol. The molecule has 1 aromatic carbocycles. The van der Waals surface area contributed by atoms with E-state index >= 15 is 0 Å². The number of rotatable bonds is 3. The van der Waals surface area contributed by atoms with Crippen molar-refractivity contribution in [2.45, 2.75) is 11.8 Å². The number of nitrogens with one attached hydrogen (secondary N) is 1. The molecule has 0 radical (unpaired) electrons. The van der Waals surface area contributed by atoms with E-state index in [0.29, 0.717) is 5.69 Å². The lowest BCUT2D eigenvalue weighted by Gasteiger charge is -2.08. The maximum Gasteiger partial charge on any atom is 0.261 e. The van der Waals surface area contributed by atoms with Gasteiger partial charge in [0.1, 0.15) is 3.70 Å². The lowest BCUT2D eigenvalue weighted by Crippen LogP contribution is -2.13. The summed E-state index contributed by atoms with van der Waals surface area (Å²) in [6, 6.07) is 11.7. The van der Waals surface area contributed by atoms with E-state index in [4.69, 9.17) is 0 Å². The number of pyridine rings is 1. The SMILES string of the molecule is Cc1cc(NS(=O)(=O)c2ccccc2)cc(I)n1. The zero-order valence-electron chi connectivity index (χ0n) is 9.59. The number of anilines is 1. The van der Waals surface area contributed by atoms with Gasteiger partial charge in [-0.1, -0.05) is 18.2 Å². The lowest BCUT2D eigenvalue weighted by molar-refractivity contribution is 0.601. The van der Waals surface area contributed by atoms with Crippen molar-refractivity contribution in [1.29, 1.82) is 0 Å². The van der Waals surface area contributed by atoms with Crippen LogP contribution in [0.25, 0.3) is 0 Å². The molecule has 0 aliphatic heterocycles. The fraction of sp³-hybridized carbons (Fsp3) is 0.0833. The van der Waals surface area contributed by atoms with E-state index in [0.717, 1.165) is 9.39 Å². The van der Waals surface area contributed by atoms with Crippen LogP contribution in [0.3, 0.4) is 0 Å². The number of aromatic nitrogens is 1. The third-order valence-electron chi connectivity index (χ3n) is 2.23. The smallest absolute Gasteiger partial charge is 0.261 e. The predicted molar refractivity (Wildman–Crippen MR) is 78.9 cm³/mol. The van der Waals surface area contributed by atoms with Crippen LogP contribution in [0.1, 0.15) is 5.69 Å². The summed E-state index contributed by atoms with van der Waals surface area (Å²) >= 11 is 2.05. The van der Waals surface area contributed by atoms with Crippen LogP contribution in [0.2, 0.25) is 0 Å². The molecule has 6 heteroatoms. The van der Waals surface area contributed by atoms with E-state index < -0.39 is 10.0 Å². The standard InChI is InChI=1S/C12H11IN2O2S/c1-9-7-10(8-12(13)14-9)15-18(16,17)11-5-3-2-4-6-11/h2-8H,1H3,(H,14,15). The van der Waals surface area contributed by atoms with Gasteiger partial charge >= 0.3 is 0 Å². The Morgan fingerprint density at radius 3 is 2.44 bits per heavy atom. The number of aryl methyl sites for hydroxylation is 1. The summed E-state index contributed by atoms with van der Waals surface area (Å²) in [5.41, 5.74) is 1.29. The van der Waals surface area contributed by atoms with Gasteiger partial charge in [0.15, 0.2) is 0 Å². The van der Waals surface area contributed by atoms with Gasteiger partial charge in [-0.25, -0.2) is 13.4 Å². The first-order chi connectivity index (χ1) is 8.47. The van der Waals surface area contributed by atoms with Crippen LogP contribution in [-0.2, 0) is 10.0 Å². The zero-order chi connectivity index (χ0) is 13.2. The molecule has 0 atom stereocenters. The molecule has 0 bridgehead atoms. The second-order valence-electron chi connectivity index (χ2n) is 3.74. The number of halogens is 1. The van der Waals surface area contributed by atoms with Crippen molar-refractivity contribution < 1.29 is 8.42 Å². The van der Waals surface area contributed by atoms with Crippen molar-refractivity contribution in [3.05, 3.63) is 51.9 Å². The predicted octanol–water partition coefficient (Wildman–Crippen LogP) is 2.80. The molecule has 0 fully saturated rings. The minimum Gasteiger partial charge on any atom is -0.279 e. The number of hydrogen-bond donors (Lipinski definition) is 1. The van der Waals surface area contributed by atoms with Gasteiger partial charge in [-0.05, 0) is 53.8 Å². The highest BCUT2D eigenvalue weighted by atomic mass is 127. The average Bonchev–Trinajstić information content (AvgIpc) is 2.28. The molecule has 0 amide bonds. The maximum atomic E-state index is 12.1. The van der Waals surface area contributed by atoms with Crippen molar-refractivity contribution in [2.24, 2.45) is 0 Å². The Labute approximate surface area is 120 Å². The van der Waals surface area contributed by atoms with E-state index in [9.17, 15) is 8.42 Å². The lowest BCUT2D eigenvalue weighted by atomic mass is 10.3. The number of hydrogen-bond acceptors (Lipinski definition) is 3. The van der Waals surface area contributed by atoms with Crippen molar-refractivity contribution in [1.82, 2.24) is 4.98 Å². The van der Waals surface area contributed by atoms with Crippen molar-refractivity contribution in [2.75, 3.05) is 4.72 Å². The molecule has 18 heavy (non-hydrogen) atoms. The maximum absolute atomic E-state index is 12.1. The highest BCUT2D eigenvalue weighted by molar-refractivity contribution is 14.1. The highest BCUT2D eigenvalue weighted by Crippen LogP contribution is 2.18. The molecular weight excluding hydrogens is 363 g/mol. The Kier molecular flexibility index (Phi) is 3.86. The Morgan fingerprint density at radius 1 is 1.17 bits per heavy atom. The molecule has 0 unspecified atom stereocenters. The fourth-order valence-electron chi connectivity index (χ4n) is 1.50. The summed E-state index contributed by atoms with van der Waals surface area (Å²) in [6.45, 7) is 1.82. The normalized spacial score (nSPS) is 11.2. The van der Waals surface area contributed by atoms with Gasteiger partial charge in [0.25, 0.3) is 10.0 Å². The Morgan fingerprint density at radius 2 is 1.83 bits per heavy atom. The average molecular weight is 374 g/mol. The molecule has 4 nitrogen and oxygen atoms in total. The quantitative estimate of drug-likeness (QED) is 0.664. The van der Waals surface area contributed by atoms with Crippen LogP contribution in [0.4, 0.5) is 5.69 Å². The summed E-state index contributed by atoms with van der Waals surface area (Å²) in [6.07, 6.45) is 0. The number of benzene rings is 1. The van der Waals surface area contributed by atoms with E-state index in [1.54, 1.807) is 42.5 Å². The highest BCUT2D eigenvalue weighted by Gasteiger charge is 2.13. The molecule has 1 aromatic heterocycles. The largest absolute Gasteiger partial charge is 0.279 e.